The van der Waals surface area contributed by atoms with Gasteiger partial charge in [-0.05, 0) is 50.3 Å². The van der Waals surface area contributed by atoms with Gasteiger partial charge in [-0.25, -0.2) is 0 Å². The first-order valence-electron chi connectivity index (χ1n) is 7.13. The highest BCUT2D eigenvalue weighted by Crippen LogP contribution is 2.28. The number of nitrogens with zero attached hydrogens (tertiary/aromatic N) is 1. The van der Waals surface area contributed by atoms with Crippen LogP contribution in [0.2, 0.25) is 0 Å². The first kappa shape index (κ1) is 13.6. The second-order valence-electron chi connectivity index (χ2n) is 5.85. The van der Waals surface area contributed by atoms with Gasteiger partial charge in [0.15, 0.2) is 0 Å². The molecule has 0 aromatic heterocycles. The number of piperidine rings is 1. The van der Waals surface area contributed by atoms with Gasteiger partial charge in [-0.3, -0.25) is 4.90 Å². The number of aryl methyl sites for hydroxylation is 2. The smallest absolute Gasteiger partial charge is 0.0473 e. The summed E-state index contributed by atoms with van der Waals surface area (Å²) in [5.74, 6) is 0.804. The molecule has 1 heterocycles. The van der Waals surface area contributed by atoms with Crippen LogP contribution in [0.4, 0.5) is 0 Å². The van der Waals surface area contributed by atoms with Crippen LogP contribution in [-0.4, -0.2) is 24.5 Å². The van der Waals surface area contributed by atoms with Crippen molar-refractivity contribution >= 4 is 0 Å². The topological polar surface area (TPSA) is 29.3 Å². The maximum absolute atomic E-state index is 6.06. The van der Waals surface area contributed by atoms with Crippen molar-refractivity contribution in [1.29, 1.82) is 0 Å². The summed E-state index contributed by atoms with van der Waals surface area (Å²) in [5.41, 5.74) is 10.2. The average Bonchev–Trinajstić information content (AvgIpc) is 2.35. The van der Waals surface area contributed by atoms with E-state index in [0.717, 1.165) is 12.5 Å². The van der Waals surface area contributed by atoms with E-state index < -0.39 is 0 Å². The molecule has 0 amide bonds. The van der Waals surface area contributed by atoms with Crippen molar-refractivity contribution in [2.75, 3.05) is 19.6 Å². The van der Waals surface area contributed by atoms with Crippen LogP contribution in [0.25, 0.3) is 0 Å². The lowest BCUT2D eigenvalue weighted by molar-refractivity contribution is 0.133. The number of hydrogen-bond donors (Lipinski definition) is 1. The molecule has 0 radical (unpaired) electrons. The summed E-state index contributed by atoms with van der Waals surface area (Å²) in [6, 6.07) is 7.12. The molecule has 2 unspecified atom stereocenters. The Morgan fingerprint density at radius 1 is 1.39 bits per heavy atom. The van der Waals surface area contributed by atoms with E-state index in [9.17, 15) is 0 Å². The molecule has 2 atom stereocenters. The van der Waals surface area contributed by atoms with Crippen LogP contribution in [0.1, 0.15) is 42.5 Å². The third-order valence-corrected chi connectivity index (χ3v) is 4.15. The number of benzene rings is 1. The van der Waals surface area contributed by atoms with Crippen LogP contribution in [0.15, 0.2) is 18.2 Å². The van der Waals surface area contributed by atoms with Gasteiger partial charge in [-0.2, -0.15) is 0 Å². The Bertz CT molecular complexity index is 400. The molecule has 100 valence electrons. The Labute approximate surface area is 111 Å². The molecule has 1 aromatic carbocycles. The van der Waals surface area contributed by atoms with Crippen molar-refractivity contribution in [3.63, 3.8) is 0 Å². The van der Waals surface area contributed by atoms with Crippen molar-refractivity contribution in [1.82, 2.24) is 4.90 Å². The van der Waals surface area contributed by atoms with Gasteiger partial charge in [0.25, 0.3) is 0 Å². The highest BCUT2D eigenvalue weighted by Gasteiger charge is 2.25. The van der Waals surface area contributed by atoms with Gasteiger partial charge < -0.3 is 5.73 Å². The molecular formula is C16H26N2. The molecule has 1 aliphatic heterocycles. The summed E-state index contributed by atoms with van der Waals surface area (Å²) in [7, 11) is 0. The molecule has 2 rings (SSSR count). The van der Waals surface area contributed by atoms with Crippen LogP contribution in [0.5, 0.6) is 0 Å². The third kappa shape index (κ3) is 2.93. The zero-order valence-corrected chi connectivity index (χ0v) is 11.9. The summed E-state index contributed by atoms with van der Waals surface area (Å²) in [5, 5.41) is 0. The first-order valence-corrected chi connectivity index (χ1v) is 7.13. The Balaban J connectivity index is 2.24. The predicted molar refractivity (Wildman–Crippen MR) is 77.7 cm³/mol. The first-order chi connectivity index (χ1) is 8.61. The van der Waals surface area contributed by atoms with Gasteiger partial charge in [0.2, 0.25) is 0 Å². The molecule has 1 aromatic rings. The van der Waals surface area contributed by atoms with Crippen LogP contribution in [-0.2, 0) is 0 Å². The normalized spacial score (nSPS) is 23.0. The molecule has 2 heteroatoms. The van der Waals surface area contributed by atoms with E-state index in [1.807, 2.05) is 0 Å². The maximum atomic E-state index is 6.06. The largest absolute Gasteiger partial charge is 0.329 e. The van der Waals surface area contributed by atoms with Crippen molar-refractivity contribution < 1.29 is 0 Å². The molecular weight excluding hydrogens is 220 g/mol. The fourth-order valence-electron chi connectivity index (χ4n) is 3.10. The van der Waals surface area contributed by atoms with E-state index in [4.69, 9.17) is 5.73 Å². The van der Waals surface area contributed by atoms with Crippen LogP contribution in [0.3, 0.4) is 0 Å². The lowest BCUT2D eigenvalue weighted by Crippen LogP contribution is -2.40. The fourth-order valence-corrected chi connectivity index (χ4v) is 3.10. The summed E-state index contributed by atoms with van der Waals surface area (Å²) < 4.78 is 0. The third-order valence-electron chi connectivity index (χ3n) is 4.15. The van der Waals surface area contributed by atoms with E-state index in [1.165, 1.54) is 42.6 Å². The van der Waals surface area contributed by atoms with E-state index in [-0.39, 0.29) is 0 Å². The molecule has 0 bridgehead atoms. The number of hydrogen-bond acceptors (Lipinski definition) is 2. The second kappa shape index (κ2) is 5.85. The van der Waals surface area contributed by atoms with Crippen molar-refractivity contribution in [3.8, 4) is 0 Å². The van der Waals surface area contributed by atoms with E-state index >= 15 is 0 Å². The number of likely N-dealkylation sites (tertiary alicyclic amines) is 1. The second-order valence-corrected chi connectivity index (χ2v) is 5.85. The molecule has 1 saturated heterocycles. The highest BCUT2D eigenvalue weighted by molar-refractivity contribution is 5.33. The predicted octanol–water partition coefficient (Wildman–Crippen LogP) is 3.04. The molecule has 2 N–H and O–H groups in total. The number of nitrogens with two attached hydrogens (primary N) is 1. The molecule has 0 spiro atoms. The summed E-state index contributed by atoms with van der Waals surface area (Å²) in [6.07, 6.45) is 2.67. The molecule has 1 aliphatic rings. The van der Waals surface area contributed by atoms with Crippen LogP contribution < -0.4 is 5.73 Å². The SMILES string of the molecule is Cc1ccc(C)c(C(CN)N2CCCC(C)C2)c1. The standard InChI is InChI=1S/C16H26N2/c1-12-6-7-14(3)15(9-12)16(10-17)18-8-4-5-13(2)11-18/h6-7,9,13,16H,4-5,8,10-11,17H2,1-3H3. The van der Waals surface area contributed by atoms with Gasteiger partial charge in [0, 0.05) is 19.1 Å². The molecule has 1 fully saturated rings. The monoisotopic (exact) mass is 246 g/mol. The lowest BCUT2D eigenvalue weighted by atomic mass is 9.93. The van der Waals surface area contributed by atoms with Crippen LogP contribution >= 0.6 is 0 Å². The maximum Gasteiger partial charge on any atom is 0.0473 e. The lowest BCUT2D eigenvalue weighted by Gasteiger charge is -2.37. The van der Waals surface area contributed by atoms with E-state index in [0.29, 0.717) is 6.04 Å². The molecule has 2 nitrogen and oxygen atoms in total. The minimum Gasteiger partial charge on any atom is -0.329 e. The Hall–Kier alpha value is -0.860. The molecule has 0 aliphatic carbocycles. The fraction of sp³-hybridized carbons (Fsp3) is 0.625. The Kier molecular flexibility index (Phi) is 4.41. The van der Waals surface area contributed by atoms with E-state index in [1.54, 1.807) is 0 Å². The van der Waals surface area contributed by atoms with Gasteiger partial charge in [-0.15, -0.1) is 0 Å². The Morgan fingerprint density at radius 2 is 2.17 bits per heavy atom. The molecule has 18 heavy (non-hydrogen) atoms. The van der Waals surface area contributed by atoms with Crippen molar-refractivity contribution in [2.24, 2.45) is 11.7 Å². The quantitative estimate of drug-likeness (QED) is 0.888. The zero-order chi connectivity index (χ0) is 13.1. The minimum atomic E-state index is 0.396. The van der Waals surface area contributed by atoms with Gasteiger partial charge in [0.1, 0.15) is 0 Å². The number of rotatable bonds is 3. The summed E-state index contributed by atoms with van der Waals surface area (Å²) in [4.78, 5) is 2.58. The Morgan fingerprint density at radius 3 is 2.83 bits per heavy atom. The van der Waals surface area contributed by atoms with E-state index in [2.05, 4.69) is 43.9 Å². The highest BCUT2D eigenvalue weighted by atomic mass is 15.2. The summed E-state index contributed by atoms with van der Waals surface area (Å²) >= 11 is 0. The zero-order valence-electron chi connectivity index (χ0n) is 11.9. The molecule has 0 saturated carbocycles. The minimum absolute atomic E-state index is 0.396. The van der Waals surface area contributed by atoms with Crippen LogP contribution in [0, 0.1) is 19.8 Å². The average molecular weight is 246 g/mol. The van der Waals surface area contributed by atoms with Crippen molar-refractivity contribution in [2.45, 2.75) is 39.7 Å². The van der Waals surface area contributed by atoms with Gasteiger partial charge in [0.05, 0.1) is 0 Å². The van der Waals surface area contributed by atoms with Gasteiger partial charge >= 0.3 is 0 Å². The van der Waals surface area contributed by atoms with Crippen molar-refractivity contribution in [3.05, 3.63) is 34.9 Å². The summed E-state index contributed by atoms with van der Waals surface area (Å²) in [6.45, 7) is 9.81. The van der Waals surface area contributed by atoms with Gasteiger partial charge in [-0.1, -0.05) is 30.7 Å².